The third kappa shape index (κ3) is 5.61. The molecule has 0 saturated carbocycles. The summed E-state index contributed by atoms with van der Waals surface area (Å²) in [6.07, 6.45) is 4.55. The first-order valence-corrected chi connectivity index (χ1v) is 7.76. The molecule has 0 N–H and O–H groups in total. The second-order valence-electron chi connectivity index (χ2n) is 5.30. The Morgan fingerprint density at radius 1 is 1.00 bits per heavy atom. The quantitative estimate of drug-likeness (QED) is 0.439. The van der Waals surface area contributed by atoms with Crippen molar-refractivity contribution in [3.63, 3.8) is 0 Å². The van der Waals surface area contributed by atoms with E-state index in [9.17, 15) is 13.2 Å². The lowest BCUT2D eigenvalue weighted by Gasteiger charge is -2.03. The van der Waals surface area contributed by atoms with Crippen LogP contribution in [0.4, 0.5) is 13.2 Å². The summed E-state index contributed by atoms with van der Waals surface area (Å²) in [7, 11) is 0. The van der Waals surface area contributed by atoms with Crippen LogP contribution in [0.15, 0.2) is 54.8 Å². The predicted octanol–water partition coefficient (Wildman–Crippen LogP) is 6.11. The smallest absolute Gasteiger partial charge is 0.260 e. The van der Waals surface area contributed by atoms with Crippen LogP contribution >= 0.6 is 0 Å². The van der Waals surface area contributed by atoms with Gasteiger partial charge in [-0.3, -0.25) is 0 Å². The summed E-state index contributed by atoms with van der Waals surface area (Å²) < 4.78 is 42.6. The molecule has 2 rings (SSSR count). The lowest BCUT2D eigenvalue weighted by molar-refractivity contribution is 0.201. The Labute approximate surface area is 140 Å². The summed E-state index contributed by atoms with van der Waals surface area (Å²) in [5.74, 6) is -0.692. The Morgan fingerprint density at radius 3 is 2.29 bits per heavy atom. The van der Waals surface area contributed by atoms with Crippen LogP contribution in [0.2, 0.25) is 0 Å². The highest BCUT2D eigenvalue weighted by Crippen LogP contribution is 2.20. The van der Waals surface area contributed by atoms with E-state index in [1.54, 1.807) is 12.1 Å². The van der Waals surface area contributed by atoms with Gasteiger partial charge in [-0.05, 0) is 35.2 Å². The van der Waals surface area contributed by atoms with Crippen molar-refractivity contribution in [2.24, 2.45) is 0 Å². The Hall–Kier alpha value is -2.49. The van der Waals surface area contributed by atoms with E-state index < -0.39 is 12.2 Å². The van der Waals surface area contributed by atoms with Crippen molar-refractivity contribution in [2.45, 2.75) is 26.2 Å². The summed E-state index contributed by atoms with van der Waals surface area (Å²) in [5, 5.41) is 0. The zero-order valence-corrected chi connectivity index (χ0v) is 13.4. The molecule has 0 spiro atoms. The van der Waals surface area contributed by atoms with Crippen LogP contribution in [0.3, 0.4) is 0 Å². The first kappa shape index (κ1) is 17.9. The van der Waals surface area contributed by atoms with E-state index in [1.807, 2.05) is 18.2 Å². The molecule has 0 aliphatic carbocycles. The number of rotatable bonds is 7. The molecule has 0 aromatic heterocycles. The maximum atomic E-state index is 13.9. The summed E-state index contributed by atoms with van der Waals surface area (Å²) in [6.45, 7) is 2.14. The van der Waals surface area contributed by atoms with E-state index in [0.29, 0.717) is 11.6 Å². The molecule has 0 aliphatic heterocycles. The third-order valence-corrected chi connectivity index (χ3v) is 3.36. The number of hydrogen-bond acceptors (Lipinski definition) is 1. The molecule has 0 unspecified atom stereocenters. The maximum absolute atomic E-state index is 13.9. The third-order valence-electron chi connectivity index (χ3n) is 3.36. The van der Waals surface area contributed by atoms with E-state index in [2.05, 4.69) is 19.1 Å². The van der Waals surface area contributed by atoms with Crippen molar-refractivity contribution in [1.29, 1.82) is 0 Å². The number of allylic oxidation sites excluding steroid dienone is 1. The molecule has 2 aromatic rings. The van der Waals surface area contributed by atoms with Gasteiger partial charge in [0, 0.05) is 6.08 Å². The largest absolute Gasteiger partial charge is 0.462 e. The van der Waals surface area contributed by atoms with Crippen LogP contribution in [0, 0.1) is 5.82 Å². The van der Waals surface area contributed by atoms with Gasteiger partial charge in [-0.25, -0.2) is 13.2 Å². The molecular formula is C20H19F3O. The van der Waals surface area contributed by atoms with Gasteiger partial charge in [-0.15, -0.1) is 0 Å². The van der Waals surface area contributed by atoms with Crippen molar-refractivity contribution in [3.8, 4) is 5.75 Å². The summed E-state index contributed by atoms with van der Waals surface area (Å²) in [4.78, 5) is 0. The topological polar surface area (TPSA) is 9.23 Å². The molecule has 0 saturated heterocycles. The van der Waals surface area contributed by atoms with Crippen molar-refractivity contribution in [3.05, 3.63) is 77.3 Å². The second kappa shape index (κ2) is 8.96. The highest BCUT2D eigenvalue weighted by molar-refractivity contribution is 5.70. The summed E-state index contributed by atoms with van der Waals surface area (Å²) in [5.41, 5.74) is 2.98. The minimum absolute atomic E-state index is 0.0898. The normalized spacial score (nSPS) is 11.7. The van der Waals surface area contributed by atoms with Crippen LogP contribution in [0.1, 0.15) is 30.0 Å². The van der Waals surface area contributed by atoms with Gasteiger partial charge in [0.05, 0.1) is 6.26 Å². The molecule has 0 heterocycles. The predicted molar refractivity (Wildman–Crippen MR) is 91.5 cm³/mol. The van der Waals surface area contributed by atoms with E-state index >= 15 is 0 Å². The highest BCUT2D eigenvalue weighted by Gasteiger charge is 2.03. The number of halogens is 3. The Balaban J connectivity index is 2.03. The molecule has 24 heavy (non-hydrogen) atoms. The fraction of sp³-hybridized carbons (Fsp3) is 0.200. The molecule has 0 amide bonds. The highest BCUT2D eigenvalue weighted by atomic mass is 19.3. The van der Waals surface area contributed by atoms with Crippen molar-refractivity contribution in [2.75, 3.05) is 0 Å². The molecule has 1 nitrogen and oxygen atoms in total. The van der Waals surface area contributed by atoms with Crippen LogP contribution < -0.4 is 4.74 Å². The van der Waals surface area contributed by atoms with Crippen LogP contribution in [0.5, 0.6) is 5.75 Å². The molecule has 4 heteroatoms. The molecule has 0 bridgehead atoms. The Bertz CT molecular complexity index is 703. The Kier molecular flexibility index (Phi) is 6.67. The van der Waals surface area contributed by atoms with Crippen LogP contribution in [0.25, 0.3) is 12.2 Å². The summed E-state index contributed by atoms with van der Waals surface area (Å²) >= 11 is 0. The second-order valence-corrected chi connectivity index (χ2v) is 5.30. The zero-order chi connectivity index (χ0) is 17.4. The van der Waals surface area contributed by atoms with Gasteiger partial charge in [0.2, 0.25) is 0 Å². The SMILES string of the molecule is CCCc1ccc(C=Cc2ccc(OC=CC(F)F)c(F)c2)cc1. The fourth-order valence-corrected chi connectivity index (χ4v) is 2.16. The average molecular weight is 332 g/mol. The van der Waals surface area contributed by atoms with Gasteiger partial charge in [-0.1, -0.05) is 55.8 Å². The van der Waals surface area contributed by atoms with Crippen molar-refractivity contribution in [1.82, 2.24) is 0 Å². The number of aryl methyl sites for hydroxylation is 1. The van der Waals surface area contributed by atoms with Gasteiger partial charge < -0.3 is 4.74 Å². The van der Waals surface area contributed by atoms with Crippen LogP contribution in [-0.4, -0.2) is 6.43 Å². The van der Waals surface area contributed by atoms with Gasteiger partial charge in [-0.2, -0.15) is 0 Å². The molecule has 126 valence electrons. The number of benzene rings is 2. The minimum Gasteiger partial charge on any atom is -0.462 e. The first-order chi connectivity index (χ1) is 11.6. The average Bonchev–Trinajstić information content (AvgIpc) is 2.56. The van der Waals surface area contributed by atoms with E-state index in [0.717, 1.165) is 24.7 Å². The molecular weight excluding hydrogens is 313 g/mol. The van der Waals surface area contributed by atoms with E-state index in [-0.39, 0.29) is 5.75 Å². The van der Waals surface area contributed by atoms with Gasteiger partial charge in [0.25, 0.3) is 6.43 Å². The van der Waals surface area contributed by atoms with Crippen LogP contribution in [-0.2, 0) is 6.42 Å². The van der Waals surface area contributed by atoms with Gasteiger partial charge in [0.15, 0.2) is 11.6 Å². The van der Waals surface area contributed by atoms with Crippen molar-refractivity contribution < 1.29 is 17.9 Å². The molecule has 0 atom stereocenters. The molecule has 0 aliphatic rings. The zero-order valence-electron chi connectivity index (χ0n) is 13.4. The molecule has 2 aromatic carbocycles. The molecule has 0 fully saturated rings. The van der Waals surface area contributed by atoms with Gasteiger partial charge in [0.1, 0.15) is 0 Å². The fourth-order valence-electron chi connectivity index (χ4n) is 2.16. The summed E-state index contributed by atoms with van der Waals surface area (Å²) in [6, 6.07) is 12.6. The Morgan fingerprint density at radius 2 is 1.67 bits per heavy atom. The lowest BCUT2D eigenvalue weighted by Crippen LogP contribution is -1.90. The maximum Gasteiger partial charge on any atom is 0.260 e. The minimum atomic E-state index is -2.63. The first-order valence-electron chi connectivity index (χ1n) is 7.76. The van der Waals surface area contributed by atoms with E-state index in [4.69, 9.17) is 4.74 Å². The van der Waals surface area contributed by atoms with E-state index in [1.165, 1.54) is 17.7 Å². The monoisotopic (exact) mass is 332 g/mol. The van der Waals surface area contributed by atoms with Crippen molar-refractivity contribution >= 4 is 12.2 Å². The number of ether oxygens (including phenoxy) is 1. The number of alkyl halides is 2. The number of hydrogen-bond donors (Lipinski definition) is 0. The standard InChI is InChI=1S/C20H19F3O/c1-2-3-15-4-6-16(7-5-15)8-9-17-10-11-19(18(21)14-17)24-13-12-20(22)23/h4-14,20H,2-3H2,1H3. The molecule has 0 radical (unpaired) electrons. The lowest BCUT2D eigenvalue weighted by atomic mass is 10.1. The van der Waals surface area contributed by atoms with Gasteiger partial charge >= 0.3 is 0 Å².